The zero-order chi connectivity index (χ0) is 16.4. The molecule has 0 saturated carbocycles. The second kappa shape index (κ2) is 6.76. The van der Waals surface area contributed by atoms with E-state index in [1.165, 1.54) is 24.0 Å². The molecule has 0 radical (unpaired) electrons. The number of allylic oxidation sites excluding steroid dienone is 2. The Morgan fingerprint density at radius 2 is 1.95 bits per heavy atom. The molecule has 122 valence electrons. The summed E-state index contributed by atoms with van der Waals surface area (Å²) in [5.41, 5.74) is 4.40. The summed E-state index contributed by atoms with van der Waals surface area (Å²) in [6, 6.07) is 2.10. The minimum atomic E-state index is 0.0587. The van der Waals surface area contributed by atoms with Crippen LogP contribution in [0, 0.1) is 12.8 Å². The zero-order valence-electron chi connectivity index (χ0n) is 14.6. The van der Waals surface area contributed by atoms with E-state index in [0.717, 1.165) is 24.0 Å². The predicted octanol–water partition coefficient (Wildman–Crippen LogP) is 5.77. The number of hydrogen-bond acceptors (Lipinski definition) is 2. The van der Waals surface area contributed by atoms with Gasteiger partial charge in [0, 0.05) is 5.56 Å². The van der Waals surface area contributed by atoms with E-state index >= 15 is 0 Å². The first-order valence-corrected chi connectivity index (χ1v) is 8.51. The number of aryl methyl sites for hydroxylation is 1. The monoisotopic (exact) mass is 302 g/mol. The molecule has 1 aliphatic carbocycles. The summed E-state index contributed by atoms with van der Waals surface area (Å²) in [5, 5.41) is 20.4. The Kier molecular flexibility index (Phi) is 5.20. The minimum Gasteiger partial charge on any atom is -0.504 e. The fourth-order valence-electron chi connectivity index (χ4n) is 3.81. The van der Waals surface area contributed by atoms with Gasteiger partial charge in [-0.3, -0.25) is 0 Å². The highest BCUT2D eigenvalue weighted by molar-refractivity contribution is 5.56. The molecule has 0 fully saturated rings. The molecule has 2 nitrogen and oxygen atoms in total. The normalized spacial score (nSPS) is 22.0. The summed E-state index contributed by atoms with van der Waals surface area (Å²) < 4.78 is 0. The van der Waals surface area contributed by atoms with E-state index in [4.69, 9.17) is 0 Å². The molecule has 1 aliphatic rings. The number of phenols is 2. The van der Waals surface area contributed by atoms with Crippen molar-refractivity contribution in [2.75, 3.05) is 0 Å². The summed E-state index contributed by atoms with van der Waals surface area (Å²) >= 11 is 0. The van der Waals surface area contributed by atoms with Crippen LogP contribution in [0.3, 0.4) is 0 Å². The lowest BCUT2D eigenvalue weighted by Crippen LogP contribution is -2.19. The number of fused-ring (bicyclic) bond motifs is 1. The maximum Gasteiger partial charge on any atom is 0.161 e. The molecule has 0 bridgehead atoms. The Hall–Kier alpha value is -1.44. The van der Waals surface area contributed by atoms with Gasteiger partial charge in [0.25, 0.3) is 0 Å². The molecule has 2 unspecified atom stereocenters. The topological polar surface area (TPSA) is 40.5 Å². The van der Waals surface area contributed by atoms with Gasteiger partial charge in [0.05, 0.1) is 0 Å². The van der Waals surface area contributed by atoms with E-state index in [2.05, 4.69) is 39.8 Å². The first-order valence-electron chi connectivity index (χ1n) is 8.51. The Labute approximate surface area is 134 Å². The number of phenolic OH excluding ortho intramolecular Hbond substituents is 2. The zero-order valence-corrected chi connectivity index (χ0v) is 14.6. The van der Waals surface area contributed by atoms with Crippen LogP contribution in [-0.2, 0) is 0 Å². The van der Waals surface area contributed by atoms with Crippen LogP contribution in [0.15, 0.2) is 17.7 Å². The average Bonchev–Trinajstić information content (AvgIpc) is 2.44. The standard InChI is InChI=1S/C20H30O2/c1-12(2)7-6-8-13(3)16-10-9-14(4)18-17(16)11-15(5)19(21)20(18)22/h7,11,13-14,16,21-22H,6,8-10H2,1-5H3/t13?,14-,16?/m1/s1. The van der Waals surface area contributed by atoms with E-state index < -0.39 is 0 Å². The SMILES string of the molecule is CC(C)=CCCC(C)C1CC[C@@H](C)c2c1cc(C)c(O)c2O. The highest BCUT2D eigenvalue weighted by Gasteiger charge is 2.32. The summed E-state index contributed by atoms with van der Waals surface area (Å²) in [6.07, 6.45) is 6.86. The molecule has 0 aliphatic heterocycles. The molecular formula is C20H30O2. The Bertz CT molecular complexity index is 568. The van der Waals surface area contributed by atoms with Crippen molar-refractivity contribution >= 4 is 0 Å². The molecule has 0 spiro atoms. The van der Waals surface area contributed by atoms with Crippen LogP contribution in [0.2, 0.25) is 0 Å². The van der Waals surface area contributed by atoms with Gasteiger partial charge in [0.2, 0.25) is 0 Å². The molecular weight excluding hydrogens is 272 g/mol. The Balaban J connectivity index is 2.30. The second-order valence-corrected chi connectivity index (χ2v) is 7.31. The van der Waals surface area contributed by atoms with Crippen molar-refractivity contribution in [2.24, 2.45) is 5.92 Å². The predicted molar refractivity (Wildman–Crippen MR) is 92.7 cm³/mol. The van der Waals surface area contributed by atoms with E-state index in [-0.39, 0.29) is 11.5 Å². The number of aromatic hydroxyl groups is 2. The average molecular weight is 302 g/mol. The van der Waals surface area contributed by atoms with Gasteiger partial charge in [-0.2, -0.15) is 0 Å². The second-order valence-electron chi connectivity index (χ2n) is 7.31. The summed E-state index contributed by atoms with van der Waals surface area (Å²) in [5.74, 6) is 1.57. The molecule has 0 heterocycles. The van der Waals surface area contributed by atoms with Gasteiger partial charge in [-0.15, -0.1) is 0 Å². The Morgan fingerprint density at radius 3 is 2.59 bits per heavy atom. The van der Waals surface area contributed by atoms with E-state index in [1.54, 1.807) is 0 Å². The van der Waals surface area contributed by atoms with Crippen LogP contribution >= 0.6 is 0 Å². The highest BCUT2D eigenvalue weighted by atomic mass is 16.3. The van der Waals surface area contributed by atoms with E-state index in [9.17, 15) is 10.2 Å². The lowest BCUT2D eigenvalue weighted by Gasteiger charge is -2.34. The smallest absolute Gasteiger partial charge is 0.161 e. The molecule has 22 heavy (non-hydrogen) atoms. The maximum atomic E-state index is 10.4. The van der Waals surface area contributed by atoms with Crippen LogP contribution in [0.1, 0.15) is 81.9 Å². The molecule has 1 aromatic carbocycles. The van der Waals surface area contributed by atoms with Gasteiger partial charge < -0.3 is 10.2 Å². The molecule has 0 saturated heterocycles. The van der Waals surface area contributed by atoms with Gasteiger partial charge in [-0.25, -0.2) is 0 Å². The van der Waals surface area contributed by atoms with Crippen molar-refractivity contribution in [1.82, 2.24) is 0 Å². The number of rotatable bonds is 4. The third kappa shape index (κ3) is 3.31. The molecule has 0 amide bonds. The highest BCUT2D eigenvalue weighted by Crippen LogP contribution is 2.50. The minimum absolute atomic E-state index is 0.0587. The third-order valence-corrected chi connectivity index (χ3v) is 5.20. The van der Waals surface area contributed by atoms with Crippen LogP contribution in [0.25, 0.3) is 0 Å². The third-order valence-electron chi connectivity index (χ3n) is 5.20. The van der Waals surface area contributed by atoms with Crippen molar-refractivity contribution in [3.05, 3.63) is 34.4 Å². The largest absolute Gasteiger partial charge is 0.504 e. The van der Waals surface area contributed by atoms with Gasteiger partial charge in [-0.05, 0) is 75.3 Å². The molecule has 2 heteroatoms. The van der Waals surface area contributed by atoms with Crippen molar-refractivity contribution in [3.8, 4) is 11.5 Å². The molecule has 2 N–H and O–H groups in total. The molecule has 0 aromatic heterocycles. The fourth-order valence-corrected chi connectivity index (χ4v) is 3.81. The fraction of sp³-hybridized carbons (Fsp3) is 0.600. The van der Waals surface area contributed by atoms with Crippen molar-refractivity contribution in [2.45, 2.75) is 72.1 Å². The van der Waals surface area contributed by atoms with Crippen molar-refractivity contribution < 1.29 is 10.2 Å². The number of hydrogen-bond donors (Lipinski definition) is 2. The first-order chi connectivity index (χ1) is 10.3. The van der Waals surface area contributed by atoms with Gasteiger partial charge in [0.1, 0.15) is 0 Å². The van der Waals surface area contributed by atoms with Crippen molar-refractivity contribution in [1.29, 1.82) is 0 Å². The lowest BCUT2D eigenvalue weighted by molar-refractivity contribution is 0.350. The maximum absolute atomic E-state index is 10.4. The molecule has 1 aromatic rings. The quantitative estimate of drug-likeness (QED) is 0.547. The van der Waals surface area contributed by atoms with Crippen LogP contribution < -0.4 is 0 Å². The lowest BCUT2D eigenvalue weighted by atomic mass is 9.70. The summed E-state index contributed by atoms with van der Waals surface area (Å²) in [4.78, 5) is 0. The van der Waals surface area contributed by atoms with Gasteiger partial charge in [-0.1, -0.05) is 31.6 Å². The summed E-state index contributed by atoms with van der Waals surface area (Å²) in [6.45, 7) is 10.6. The first kappa shape index (κ1) is 16.9. The van der Waals surface area contributed by atoms with Crippen LogP contribution in [0.5, 0.6) is 11.5 Å². The molecule has 3 atom stereocenters. The molecule has 2 rings (SSSR count). The van der Waals surface area contributed by atoms with Crippen LogP contribution in [0.4, 0.5) is 0 Å². The summed E-state index contributed by atoms with van der Waals surface area (Å²) in [7, 11) is 0. The van der Waals surface area contributed by atoms with E-state index in [0.29, 0.717) is 17.8 Å². The van der Waals surface area contributed by atoms with Gasteiger partial charge in [0.15, 0.2) is 11.5 Å². The van der Waals surface area contributed by atoms with Crippen molar-refractivity contribution in [3.63, 3.8) is 0 Å². The Morgan fingerprint density at radius 1 is 1.27 bits per heavy atom. The number of benzene rings is 1. The van der Waals surface area contributed by atoms with Gasteiger partial charge >= 0.3 is 0 Å². The van der Waals surface area contributed by atoms with Crippen LogP contribution in [-0.4, -0.2) is 10.2 Å². The van der Waals surface area contributed by atoms with E-state index in [1.807, 2.05) is 6.92 Å².